The van der Waals surface area contributed by atoms with Crippen molar-refractivity contribution in [2.24, 2.45) is 0 Å². The Morgan fingerprint density at radius 1 is 0.657 bits per heavy atom. The maximum atomic E-state index is 10.8. The smallest absolute Gasteiger partial charge is 0.201 e. The van der Waals surface area contributed by atoms with E-state index in [-0.39, 0.29) is 23.2 Å². The number of aromatic hydroxyl groups is 2. The third-order valence-electron chi connectivity index (χ3n) is 5.92. The molecule has 1 unspecified atom stereocenters. The molecule has 0 heterocycles. The average molecular weight is 483 g/mol. The monoisotopic (exact) mass is 482 g/mol. The Balaban J connectivity index is 1.94. The van der Waals surface area contributed by atoms with Crippen molar-refractivity contribution in [3.63, 3.8) is 0 Å². The third-order valence-corrected chi connectivity index (χ3v) is 5.92. The van der Waals surface area contributed by atoms with E-state index in [0.29, 0.717) is 35.2 Å². The highest BCUT2D eigenvalue weighted by Crippen LogP contribution is 2.44. The van der Waals surface area contributed by atoms with Gasteiger partial charge < -0.3 is 33.9 Å². The fourth-order valence-corrected chi connectivity index (χ4v) is 4.02. The summed E-state index contributed by atoms with van der Waals surface area (Å²) in [4.78, 5) is 0. The van der Waals surface area contributed by atoms with Crippen molar-refractivity contribution in [2.75, 3.05) is 28.4 Å². The van der Waals surface area contributed by atoms with Crippen LogP contribution in [0, 0.1) is 0 Å². The second kappa shape index (κ2) is 11.6. The van der Waals surface area contributed by atoms with Crippen LogP contribution in [0.4, 0.5) is 0 Å². The van der Waals surface area contributed by atoms with E-state index in [4.69, 9.17) is 23.7 Å². The Kier molecular flexibility index (Phi) is 8.58. The minimum atomic E-state index is -0.0869. The predicted octanol–water partition coefficient (Wildman–Crippen LogP) is 6.22. The lowest BCUT2D eigenvalue weighted by atomic mass is 9.92. The van der Waals surface area contributed by atoms with E-state index >= 15 is 0 Å². The first-order chi connectivity index (χ1) is 16.8. The van der Waals surface area contributed by atoms with Crippen molar-refractivity contribution >= 4 is 0 Å². The lowest BCUT2D eigenvalue weighted by Gasteiger charge is -2.19. The molecule has 3 rings (SSSR count). The summed E-state index contributed by atoms with van der Waals surface area (Å²) >= 11 is 0. The van der Waals surface area contributed by atoms with E-state index < -0.39 is 0 Å². The van der Waals surface area contributed by atoms with Crippen LogP contribution in [0.3, 0.4) is 0 Å². The van der Waals surface area contributed by atoms with Crippen LogP contribution in [0.2, 0.25) is 0 Å². The number of phenols is 2. The fourth-order valence-electron chi connectivity index (χ4n) is 4.02. The molecule has 0 amide bonds. The standard InChI is InChI=1S/C28H34O7/c1-7-8-18-9-10-21(22(12-18)31-3)35-26-16-20(15-25(34-6)28(26)30)17(2)11-19-13-23(32-4)27(29)24(14-19)33-5/h9-10,12-17,29-30H,7-8,11H2,1-6H3. The van der Waals surface area contributed by atoms with Crippen LogP contribution in [0.25, 0.3) is 0 Å². The molecule has 188 valence electrons. The number of hydrogen-bond acceptors (Lipinski definition) is 7. The summed E-state index contributed by atoms with van der Waals surface area (Å²) in [6, 6.07) is 13.0. The second-order valence-corrected chi connectivity index (χ2v) is 8.36. The SMILES string of the molecule is CCCc1ccc(Oc2cc(C(C)Cc3cc(OC)c(O)c(OC)c3)cc(OC)c2O)c(OC)c1. The van der Waals surface area contributed by atoms with Crippen molar-refractivity contribution in [1.82, 2.24) is 0 Å². The third kappa shape index (κ3) is 5.85. The first-order valence-electron chi connectivity index (χ1n) is 11.5. The van der Waals surface area contributed by atoms with Crippen molar-refractivity contribution in [2.45, 2.75) is 39.0 Å². The molecule has 0 radical (unpaired) electrons. The van der Waals surface area contributed by atoms with Gasteiger partial charge in [-0.2, -0.15) is 0 Å². The minimum absolute atomic E-state index is 0.0135. The molecule has 35 heavy (non-hydrogen) atoms. The first-order valence-corrected chi connectivity index (χ1v) is 11.5. The Morgan fingerprint density at radius 3 is 1.74 bits per heavy atom. The number of ether oxygens (including phenoxy) is 5. The summed E-state index contributed by atoms with van der Waals surface area (Å²) in [6.45, 7) is 4.18. The van der Waals surface area contributed by atoms with Gasteiger partial charge >= 0.3 is 0 Å². The van der Waals surface area contributed by atoms with Crippen molar-refractivity contribution in [1.29, 1.82) is 0 Å². The van der Waals surface area contributed by atoms with E-state index in [2.05, 4.69) is 13.8 Å². The van der Waals surface area contributed by atoms with Gasteiger partial charge in [-0.25, -0.2) is 0 Å². The Bertz CT molecular complexity index is 1130. The minimum Gasteiger partial charge on any atom is -0.502 e. The number of rotatable bonds is 11. The van der Waals surface area contributed by atoms with E-state index in [1.165, 1.54) is 21.3 Å². The van der Waals surface area contributed by atoms with Crippen LogP contribution in [0.15, 0.2) is 42.5 Å². The zero-order valence-corrected chi connectivity index (χ0v) is 21.2. The van der Waals surface area contributed by atoms with Gasteiger partial charge in [-0.1, -0.05) is 26.3 Å². The van der Waals surface area contributed by atoms with Crippen molar-refractivity contribution in [3.8, 4) is 46.0 Å². The molecule has 1 atom stereocenters. The van der Waals surface area contributed by atoms with Gasteiger partial charge in [0.2, 0.25) is 11.5 Å². The van der Waals surface area contributed by atoms with Crippen LogP contribution in [0.5, 0.6) is 46.0 Å². The van der Waals surface area contributed by atoms with E-state index in [1.54, 1.807) is 31.4 Å². The van der Waals surface area contributed by atoms with Crippen LogP contribution >= 0.6 is 0 Å². The summed E-state index contributed by atoms with van der Waals surface area (Å²) in [6.07, 6.45) is 2.59. The zero-order valence-electron chi connectivity index (χ0n) is 21.2. The second-order valence-electron chi connectivity index (χ2n) is 8.36. The largest absolute Gasteiger partial charge is 0.502 e. The van der Waals surface area contributed by atoms with Gasteiger partial charge in [0.25, 0.3) is 0 Å². The summed E-state index contributed by atoms with van der Waals surface area (Å²) in [5.74, 6) is 2.26. The molecule has 0 aliphatic heterocycles. The van der Waals surface area contributed by atoms with Gasteiger partial charge in [-0.05, 0) is 71.8 Å². The quantitative estimate of drug-likeness (QED) is 0.335. The molecule has 3 aromatic carbocycles. The summed E-state index contributed by atoms with van der Waals surface area (Å²) in [7, 11) is 6.10. The van der Waals surface area contributed by atoms with Crippen LogP contribution in [-0.2, 0) is 12.8 Å². The normalized spacial score (nSPS) is 11.6. The molecule has 7 heteroatoms. The van der Waals surface area contributed by atoms with Gasteiger partial charge in [-0.15, -0.1) is 0 Å². The molecule has 0 aliphatic carbocycles. The van der Waals surface area contributed by atoms with Gasteiger partial charge in [0.15, 0.2) is 34.5 Å². The zero-order chi connectivity index (χ0) is 25.5. The molecular weight excluding hydrogens is 448 g/mol. The maximum absolute atomic E-state index is 10.8. The Hall–Kier alpha value is -3.74. The van der Waals surface area contributed by atoms with Gasteiger partial charge in [0, 0.05) is 0 Å². The van der Waals surface area contributed by atoms with Crippen molar-refractivity contribution in [3.05, 3.63) is 59.2 Å². The molecular formula is C28H34O7. The average Bonchev–Trinajstić information content (AvgIpc) is 2.86. The Labute approximate surface area is 206 Å². The van der Waals surface area contributed by atoms with Crippen LogP contribution < -0.4 is 23.7 Å². The summed E-state index contributed by atoms with van der Waals surface area (Å²) in [5.41, 5.74) is 2.98. The number of methoxy groups -OCH3 is 4. The Morgan fingerprint density at radius 2 is 1.17 bits per heavy atom. The predicted molar refractivity (Wildman–Crippen MR) is 135 cm³/mol. The van der Waals surface area contributed by atoms with Gasteiger partial charge in [0.05, 0.1) is 28.4 Å². The highest BCUT2D eigenvalue weighted by Gasteiger charge is 2.19. The molecule has 0 bridgehead atoms. The molecule has 0 saturated carbocycles. The number of aryl methyl sites for hydroxylation is 1. The molecule has 0 spiro atoms. The van der Waals surface area contributed by atoms with Crippen LogP contribution in [0.1, 0.15) is 42.9 Å². The molecule has 0 aromatic heterocycles. The topological polar surface area (TPSA) is 86.6 Å². The molecule has 7 nitrogen and oxygen atoms in total. The van der Waals surface area contributed by atoms with Crippen LogP contribution in [-0.4, -0.2) is 38.7 Å². The van der Waals surface area contributed by atoms with E-state index in [0.717, 1.165) is 29.5 Å². The van der Waals surface area contributed by atoms with Gasteiger partial charge in [-0.3, -0.25) is 0 Å². The maximum Gasteiger partial charge on any atom is 0.201 e. The highest BCUT2D eigenvalue weighted by molar-refractivity contribution is 5.57. The fraction of sp³-hybridized carbons (Fsp3) is 0.357. The lowest BCUT2D eigenvalue weighted by molar-refractivity contribution is 0.339. The number of phenolic OH excluding ortho intramolecular Hbond substituents is 2. The van der Waals surface area contributed by atoms with Gasteiger partial charge in [0.1, 0.15) is 0 Å². The highest BCUT2D eigenvalue weighted by atomic mass is 16.5. The molecule has 0 aliphatic rings. The van der Waals surface area contributed by atoms with Crippen molar-refractivity contribution < 1.29 is 33.9 Å². The number of hydrogen-bond donors (Lipinski definition) is 2. The van der Waals surface area contributed by atoms with E-state index in [1.807, 2.05) is 18.2 Å². The van der Waals surface area contributed by atoms with E-state index in [9.17, 15) is 10.2 Å². The summed E-state index contributed by atoms with van der Waals surface area (Å²) < 4.78 is 27.6. The number of benzene rings is 3. The first kappa shape index (κ1) is 25.9. The summed E-state index contributed by atoms with van der Waals surface area (Å²) in [5, 5.41) is 21.0. The molecule has 3 aromatic rings. The molecule has 0 fully saturated rings. The molecule has 0 saturated heterocycles. The molecule has 2 N–H and O–H groups in total. The lowest BCUT2D eigenvalue weighted by Crippen LogP contribution is -2.02.